The number of methoxy groups -OCH3 is 1. The van der Waals surface area contributed by atoms with Crippen molar-refractivity contribution in [3.8, 4) is 5.75 Å². The topological polar surface area (TPSA) is 46.5 Å². The van der Waals surface area contributed by atoms with Crippen molar-refractivity contribution in [3.05, 3.63) is 28.8 Å². The summed E-state index contributed by atoms with van der Waals surface area (Å²) >= 11 is 0. The van der Waals surface area contributed by atoms with Crippen molar-refractivity contribution in [2.75, 3.05) is 7.11 Å². The monoisotopic (exact) mass is 360 g/mol. The second-order valence-electron chi connectivity index (χ2n) is 10.3. The zero-order valence-corrected chi connectivity index (χ0v) is 17.8. The molecule has 1 aromatic rings. The Bertz CT molecular complexity index is 631. The molecule has 1 N–H and O–H groups in total. The molecule has 0 spiro atoms. The fourth-order valence-corrected chi connectivity index (χ4v) is 4.07. The molecular formula is C23H36O3. The van der Waals surface area contributed by atoms with E-state index in [1.807, 2.05) is 0 Å². The molecule has 3 heteroatoms. The Hall–Kier alpha value is -1.51. The Balaban J connectivity index is 2.48. The van der Waals surface area contributed by atoms with E-state index in [0.29, 0.717) is 5.75 Å². The van der Waals surface area contributed by atoms with Crippen LogP contribution in [-0.2, 0) is 25.8 Å². The Morgan fingerprint density at radius 3 is 1.81 bits per heavy atom. The highest BCUT2D eigenvalue weighted by Gasteiger charge is 2.37. The maximum atomic E-state index is 11.9. The molecule has 1 fully saturated rings. The molecule has 0 radical (unpaired) electrons. The van der Waals surface area contributed by atoms with E-state index in [-0.39, 0.29) is 28.1 Å². The Labute approximate surface area is 159 Å². The van der Waals surface area contributed by atoms with Gasteiger partial charge in [0.15, 0.2) is 0 Å². The predicted molar refractivity (Wildman–Crippen MR) is 107 cm³/mol. The third-order valence-corrected chi connectivity index (χ3v) is 6.05. The van der Waals surface area contributed by atoms with Crippen LogP contribution in [-0.4, -0.2) is 18.2 Å². The fourth-order valence-electron chi connectivity index (χ4n) is 4.07. The van der Waals surface area contributed by atoms with Crippen molar-refractivity contribution < 1.29 is 14.6 Å². The van der Waals surface area contributed by atoms with Crippen molar-refractivity contribution in [1.29, 1.82) is 0 Å². The molecular weight excluding hydrogens is 324 g/mol. The predicted octanol–water partition coefficient (Wildman–Crippen LogP) is 5.61. The summed E-state index contributed by atoms with van der Waals surface area (Å²) in [6, 6.07) is 4.39. The first-order valence-corrected chi connectivity index (χ1v) is 9.76. The standard InChI is InChI=1S/C23H36O3/c1-21(2,3)17-13-16(14-18(19(17)24)22(4,5)6)23(7)11-9-15(10-12-23)20(25)26-8/h13-15,24H,9-12H2,1-8H3. The molecule has 0 aromatic heterocycles. The Kier molecular flexibility index (Phi) is 5.52. The maximum Gasteiger partial charge on any atom is 0.308 e. The van der Waals surface area contributed by atoms with Crippen molar-refractivity contribution in [2.45, 2.75) is 90.4 Å². The van der Waals surface area contributed by atoms with Gasteiger partial charge in [0.25, 0.3) is 0 Å². The molecule has 146 valence electrons. The summed E-state index contributed by atoms with van der Waals surface area (Å²) in [6.07, 6.45) is 3.65. The maximum absolute atomic E-state index is 11.9. The molecule has 0 aliphatic heterocycles. The lowest BCUT2D eigenvalue weighted by atomic mass is 9.66. The quantitative estimate of drug-likeness (QED) is 0.697. The van der Waals surface area contributed by atoms with Crippen LogP contribution in [0.2, 0.25) is 0 Å². The molecule has 0 bridgehead atoms. The van der Waals surface area contributed by atoms with E-state index in [4.69, 9.17) is 4.74 Å². The highest BCUT2D eigenvalue weighted by atomic mass is 16.5. The van der Waals surface area contributed by atoms with Crippen LogP contribution in [0.1, 0.15) is 90.8 Å². The van der Waals surface area contributed by atoms with Crippen LogP contribution >= 0.6 is 0 Å². The van der Waals surface area contributed by atoms with Crippen molar-refractivity contribution in [3.63, 3.8) is 0 Å². The van der Waals surface area contributed by atoms with Gasteiger partial charge < -0.3 is 9.84 Å². The number of ether oxygens (including phenoxy) is 1. The molecule has 26 heavy (non-hydrogen) atoms. The van der Waals surface area contributed by atoms with Crippen LogP contribution in [0.15, 0.2) is 12.1 Å². The summed E-state index contributed by atoms with van der Waals surface area (Å²) < 4.78 is 4.93. The van der Waals surface area contributed by atoms with Crippen LogP contribution in [0.4, 0.5) is 0 Å². The largest absolute Gasteiger partial charge is 0.507 e. The zero-order chi connectivity index (χ0) is 19.9. The second-order valence-corrected chi connectivity index (χ2v) is 10.3. The van der Waals surface area contributed by atoms with Gasteiger partial charge in [0.2, 0.25) is 0 Å². The molecule has 0 atom stereocenters. The van der Waals surface area contributed by atoms with Gasteiger partial charge in [0.1, 0.15) is 5.75 Å². The summed E-state index contributed by atoms with van der Waals surface area (Å²) in [7, 11) is 1.47. The van der Waals surface area contributed by atoms with Gasteiger partial charge in [-0.3, -0.25) is 4.79 Å². The number of phenolic OH excluding ortho intramolecular Hbond substituents is 1. The third kappa shape index (κ3) is 4.07. The van der Waals surface area contributed by atoms with Crippen LogP contribution < -0.4 is 0 Å². The van der Waals surface area contributed by atoms with E-state index < -0.39 is 0 Å². The van der Waals surface area contributed by atoms with Gasteiger partial charge in [0.05, 0.1) is 13.0 Å². The summed E-state index contributed by atoms with van der Waals surface area (Å²) in [5, 5.41) is 11.0. The van der Waals surface area contributed by atoms with Crippen LogP contribution in [0.5, 0.6) is 5.75 Å². The van der Waals surface area contributed by atoms with Crippen LogP contribution in [0, 0.1) is 5.92 Å². The lowest BCUT2D eigenvalue weighted by Gasteiger charge is -2.39. The number of esters is 1. The van der Waals surface area contributed by atoms with Gasteiger partial charge >= 0.3 is 5.97 Å². The number of carbonyl (C=O) groups is 1. The zero-order valence-electron chi connectivity index (χ0n) is 17.8. The fraction of sp³-hybridized carbons (Fsp3) is 0.696. The number of rotatable bonds is 2. The molecule has 3 nitrogen and oxygen atoms in total. The molecule has 0 saturated heterocycles. The summed E-state index contributed by atoms with van der Waals surface area (Å²) in [5.41, 5.74) is 3.08. The normalized spacial score (nSPS) is 24.4. The van der Waals surface area contributed by atoms with Crippen molar-refractivity contribution in [1.82, 2.24) is 0 Å². The van der Waals surface area contributed by atoms with Crippen molar-refractivity contribution >= 4 is 5.97 Å². The number of aromatic hydroxyl groups is 1. The molecule has 1 saturated carbocycles. The first kappa shape index (κ1) is 20.8. The number of carbonyl (C=O) groups excluding carboxylic acids is 1. The lowest BCUT2D eigenvalue weighted by molar-refractivity contribution is -0.146. The van der Waals surface area contributed by atoms with Crippen LogP contribution in [0.3, 0.4) is 0 Å². The summed E-state index contributed by atoms with van der Waals surface area (Å²) in [4.78, 5) is 11.9. The minimum absolute atomic E-state index is 0.0226. The average molecular weight is 361 g/mol. The first-order valence-electron chi connectivity index (χ1n) is 9.76. The van der Waals surface area contributed by atoms with E-state index in [1.165, 1.54) is 12.7 Å². The van der Waals surface area contributed by atoms with E-state index >= 15 is 0 Å². The molecule has 1 aliphatic carbocycles. The van der Waals surface area contributed by atoms with E-state index in [2.05, 4.69) is 60.6 Å². The first-order chi connectivity index (χ1) is 11.8. The molecule has 2 rings (SSSR count). The second kappa shape index (κ2) is 6.90. The molecule has 0 unspecified atom stereocenters. The van der Waals surface area contributed by atoms with Crippen LogP contribution in [0.25, 0.3) is 0 Å². The Morgan fingerprint density at radius 1 is 1.04 bits per heavy atom. The smallest absolute Gasteiger partial charge is 0.308 e. The van der Waals surface area contributed by atoms with Gasteiger partial charge in [-0.15, -0.1) is 0 Å². The molecule has 1 aliphatic rings. The lowest BCUT2D eigenvalue weighted by Crippen LogP contribution is -2.33. The number of benzene rings is 1. The molecule has 0 amide bonds. The van der Waals surface area contributed by atoms with Gasteiger partial charge in [0, 0.05) is 0 Å². The van der Waals surface area contributed by atoms with Gasteiger partial charge in [-0.2, -0.15) is 0 Å². The highest BCUT2D eigenvalue weighted by Crippen LogP contribution is 2.47. The molecule has 0 heterocycles. The molecule has 1 aromatic carbocycles. The Morgan fingerprint density at radius 2 is 1.46 bits per heavy atom. The van der Waals surface area contributed by atoms with Gasteiger partial charge in [-0.25, -0.2) is 0 Å². The minimum Gasteiger partial charge on any atom is -0.507 e. The van der Waals surface area contributed by atoms with Crippen molar-refractivity contribution in [2.24, 2.45) is 5.92 Å². The van der Waals surface area contributed by atoms with E-state index in [0.717, 1.165) is 36.8 Å². The summed E-state index contributed by atoms with van der Waals surface area (Å²) in [5.74, 6) is 0.374. The average Bonchev–Trinajstić information content (AvgIpc) is 2.52. The van der Waals surface area contributed by atoms with Gasteiger partial charge in [-0.1, -0.05) is 60.6 Å². The summed E-state index contributed by atoms with van der Waals surface area (Å²) in [6.45, 7) is 15.2. The number of phenols is 1. The third-order valence-electron chi connectivity index (χ3n) is 6.05. The van der Waals surface area contributed by atoms with Gasteiger partial charge in [-0.05, 0) is 58.6 Å². The van der Waals surface area contributed by atoms with E-state index in [1.54, 1.807) is 0 Å². The SMILES string of the molecule is COC(=O)C1CCC(C)(c2cc(C(C)(C)C)c(O)c(C(C)(C)C)c2)CC1. The number of hydrogen-bond donors (Lipinski definition) is 1. The number of hydrogen-bond acceptors (Lipinski definition) is 3. The minimum atomic E-state index is -0.125. The highest BCUT2D eigenvalue weighted by molar-refractivity contribution is 5.72. The van der Waals surface area contributed by atoms with E-state index in [9.17, 15) is 9.90 Å².